The standard InChI is InChI=1S/C45H31N.C43H35N.C39H27N/c1-30-22-24-31(25-23-30)44-37-17-5-7-19-39(37)45(40-20-8-6-18-38(40)44)34-13-11-12-32(28-34)33-26-27-43-41(29-33)36-16-9-10-21-42(36)46(43)35-14-3-2-4-15-35;1-43(2,3)32-23-20-28(21-24-32)41-34-15-5-7-17-36(34)42(37-18-8-6-16-35(37)41)31-13-11-12-29(26-31)30-22-25-40-38(27-30)33-14-9-10-19-39(33)44(40)4;1-40-36-21-10-9-16-30(36)35-25-28(22-23-37(35)40)27-14-11-15-29(24-27)39-33-19-7-5-17-31(33)38(26-12-3-2-4-13-26)32-18-6-8-20-34(32)39/h2-29H,1H3;5-27H,1-4H3;2-25H,1H3. The number of nitrogens with zero attached hydrogens (tertiary/aromatic N) is 3. The second-order valence-corrected chi connectivity index (χ2v) is 35.9. The van der Waals surface area contributed by atoms with Gasteiger partial charge in [-0.25, -0.2) is 0 Å². The molecule has 3 nitrogen and oxygen atoms in total. The third-order valence-corrected chi connectivity index (χ3v) is 27.2. The first-order valence-corrected chi connectivity index (χ1v) is 45.3. The third-order valence-electron chi connectivity index (χ3n) is 27.2. The second kappa shape index (κ2) is 32.3. The molecule has 0 atom stereocenters. The van der Waals surface area contributed by atoms with E-state index in [2.05, 4.69) is 510 Å². The molecule has 25 aromatic rings. The molecule has 25 rings (SSSR count). The molecule has 3 heteroatoms. The molecule has 3 heterocycles. The van der Waals surface area contributed by atoms with Crippen LogP contribution in [0.4, 0.5) is 0 Å². The summed E-state index contributed by atoms with van der Waals surface area (Å²) in [5.41, 5.74) is 34.0. The molecule has 0 aliphatic rings. The predicted molar refractivity (Wildman–Crippen MR) is 559 cm³/mol. The van der Waals surface area contributed by atoms with Gasteiger partial charge in [-0.15, -0.1) is 0 Å². The topological polar surface area (TPSA) is 14.8 Å². The lowest BCUT2D eigenvalue weighted by Crippen LogP contribution is -2.10. The van der Waals surface area contributed by atoms with Gasteiger partial charge in [-0.05, 0) is 268 Å². The molecule has 0 unspecified atom stereocenters. The molecule has 0 aliphatic heterocycles. The molecule has 130 heavy (non-hydrogen) atoms. The molecule has 0 aliphatic carbocycles. The van der Waals surface area contributed by atoms with Crippen LogP contribution in [0.25, 0.3) is 236 Å². The maximum Gasteiger partial charge on any atom is 0.0541 e. The van der Waals surface area contributed by atoms with E-state index in [9.17, 15) is 0 Å². The van der Waals surface area contributed by atoms with Gasteiger partial charge >= 0.3 is 0 Å². The van der Waals surface area contributed by atoms with Gasteiger partial charge in [0.1, 0.15) is 0 Å². The first-order chi connectivity index (χ1) is 63.9. The summed E-state index contributed by atoms with van der Waals surface area (Å²) in [5, 5.41) is 23.1. The largest absolute Gasteiger partial charge is 0.344 e. The van der Waals surface area contributed by atoms with E-state index in [1.807, 2.05) is 0 Å². The van der Waals surface area contributed by atoms with Crippen LogP contribution in [0, 0.1) is 6.92 Å². The lowest BCUT2D eigenvalue weighted by atomic mass is 9.83. The van der Waals surface area contributed by atoms with Crippen LogP contribution in [0.3, 0.4) is 0 Å². The van der Waals surface area contributed by atoms with Gasteiger partial charge < -0.3 is 13.7 Å². The van der Waals surface area contributed by atoms with Crippen molar-refractivity contribution in [2.75, 3.05) is 0 Å². The van der Waals surface area contributed by atoms with Crippen molar-refractivity contribution in [2.45, 2.75) is 33.1 Å². The lowest BCUT2D eigenvalue weighted by molar-refractivity contribution is 0.590. The number of hydrogen-bond acceptors (Lipinski definition) is 0. The zero-order valence-corrected chi connectivity index (χ0v) is 73.6. The summed E-state index contributed by atoms with van der Waals surface area (Å²) < 4.78 is 6.96. The van der Waals surface area contributed by atoms with Gasteiger partial charge in [-0.2, -0.15) is 0 Å². The number of aromatic nitrogens is 3. The summed E-state index contributed by atoms with van der Waals surface area (Å²) in [6.45, 7) is 8.97. The van der Waals surface area contributed by atoms with Crippen molar-refractivity contribution in [3.05, 3.63) is 466 Å². The molecule has 0 bridgehead atoms. The van der Waals surface area contributed by atoms with Crippen molar-refractivity contribution in [3.8, 4) is 106 Å². The highest BCUT2D eigenvalue weighted by molar-refractivity contribution is 6.25. The van der Waals surface area contributed by atoms with Gasteiger partial charge in [0.25, 0.3) is 0 Å². The summed E-state index contributed by atoms with van der Waals surface area (Å²) in [4.78, 5) is 0. The first kappa shape index (κ1) is 78.5. The summed E-state index contributed by atoms with van der Waals surface area (Å²) in [6, 6.07) is 167. The normalized spacial score (nSPS) is 11.8. The van der Waals surface area contributed by atoms with Crippen LogP contribution >= 0.6 is 0 Å². The molecule has 3 aromatic heterocycles. The maximum atomic E-state index is 2.37. The average Bonchev–Trinajstić information content (AvgIpc) is 1.43. The van der Waals surface area contributed by atoms with Gasteiger partial charge in [-0.3, -0.25) is 0 Å². The fourth-order valence-corrected chi connectivity index (χ4v) is 21.0. The Morgan fingerprint density at radius 3 is 0.715 bits per heavy atom. The minimum absolute atomic E-state index is 0.121. The fraction of sp³-hybridized carbons (Fsp3) is 0.0551. The van der Waals surface area contributed by atoms with Crippen molar-refractivity contribution >= 4 is 130 Å². The van der Waals surface area contributed by atoms with Crippen LogP contribution in [0.5, 0.6) is 0 Å². The Kier molecular flexibility index (Phi) is 19.5. The van der Waals surface area contributed by atoms with E-state index >= 15 is 0 Å². The molecule has 22 aromatic carbocycles. The molecule has 0 saturated carbocycles. The number of benzene rings is 22. The van der Waals surface area contributed by atoms with Crippen molar-refractivity contribution < 1.29 is 0 Å². The molecular weight excluding hydrogens is 1570 g/mol. The Morgan fingerprint density at radius 1 is 0.162 bits per heavy atom. The smallest absolute Gasteiger partial charge is 0.0541 e. The Bertz CT molecular complexity index is 8600. The maximum absolute atomic E-state index is 2.37. The van der Waals surface area contributed by atoms with Crippen LogP contribution in [0.2, 0.25) is 0 Å². The van der Waals surface area contributed by atoms with Gasteiger partial charge in [0.15, 0.2) is 0 Å². The van der Waals surface area contributed by atoms with Gasteiger partial charge in [0, 0.05) is 74.2 Å². The zero-order chi connectivity index (χ0) is 87.2. The van der Waals surface area contributed by atoms with E-state index in [1.54, 1.807) is 0 Å². The van der Waals surface area contributed by atoms with Crippen LogP contribution in [-0.2, 0) is 19.5 Å². The van der Waals surface area contributed by atoms with Crippen molar-refractivity contribution in [1.82, 2.24) is 13.7 Å². The van der Waals surface area contributed by atoms with E-state index < -0.39 is 0 Å². The quantitative estimate of drug-likeness (QED) is 0.121. The Balaban J connectivity index is 0.000000111. The highest BCUT2D eigenvalue weighted by Crippen LogP contribution is 2.50. The summed E-state index contributed by atoms with van der Waals surface area (Å²) in [6.07, 6.45) is 0. The summed E-state index contributed by atoms with van der Waals surface area (Å²) in [7, 11) is 4.31. The number of para-hydroxylation sites is 4. The van der Waals surface area contributed by atoms with Crippen LogP contribution in [-0.4, -0.2) is 13.7 Å². The van der Waals surface area contributed by atoms with Crippen molar-refractivity contribution in [1.29, 1.82) is 0 Å². The number of hydrogen-bond donors (Lipinski definition) is 0. The molecule has 0 spiro atoms. The molecule has 616 valence electrons. The fourth-order valence-electron chi connectivity index (χ4n) is 21.0. The van der Waals surface area contributed by atoms with Gasteiger partial charge in [-0.1, -0.05) is 396 Å². The second-order valence-electron chi connectivity index (χ2n) is 35.9. The highest BCUT2D eigenvalue weighted by Gasteiger charge is 2.24. The third kappa shape index (κ3) is 13.6. The SMILES string of the molecule is Cc1ccc(-c2c3ccccc3c(-c3cccc(-c4ccc5c(c4)c4ccccc4n5-c4ccccc4)c3)c3ccccc23)cc1.Cn1c2ccccc2c2cc(-c3cccc(-c4c5ccccc5c(-c5ccc(C(C)(C)C)cc5)c5ccccc45)c3)ccc21.Cn1c2ccccc2c2cc(-c3cccc(-c4c5ccccc5c(-c5ccccc5)c5ccccc45)c3)ccc21. The van der Waals surface area contributed by atoms with Gasteiger partial charge in [0.05, 0.1) is 11.0 Å². The van der Waals surface area contributed by atoms with Crippen molar-refractivity contribution in [3.63, 3.8) is 0 Å². The van der Waals surface area contributed by atoms with E-state index in [0.717, 1.165) is 0 Å². The Hall–Kier alpha value is -16.2. The lowest BCUT2D eigenvalue weighted by Gasteiger charge is -2.21. The number of aryl methyl sites for hydroxylation is 3. The predicted octanol–water partition coefficient (Wildman–Crippen LogP) is 35.0. The monoisotopic (exact) mass is 1660 g/mol. The Morgan fingerprint density at radius 2 is 0.377 bits per heavy atom. The van der Waals surface area contributed by atoms with E-state index in [4.69, 9.17) is 0 Å². The Labute approximate surface area is 757 Å². The van der Waals surface area contributed by atoms with Crippen molar-refractivity contribution in [2.24, 2.45) is 14.1 Å². The van der Waals surface area contributed by atoms with Crippen LogP contribution in [0.1, 0.15) is 31.9 Å². The molecule has 0 saturated heterocycles. The molecule has 0 N–H and O–H groups in total. The first-order valence-electron chi connectivity index (χ1n) is 45.3. The van der Waals surface area contributed by atoms with Crippen LogP contribution in [0.15, 0.2) is 455 Å². The summed E-state index contributed by atoms with van der Waals surface area (Å²) >= 11 is 0. The summed E-state index contributed by atoms with van der Waals surface area (Å²) in [5.74, 6) is 0. The van der Waals surface area contributed by atoms with E-state index in [-0.39, 0.29) is 5.41 Å². The zero-order valence-electron chi connectivity index (χ0n) is 73.6. The van der Waals surface area contributed by atoms with E-state index in [0.29, 0.717) is 0 Å². The van der Waals surface area contributed by atoms with Crippen LogP contribution < -0.4 is 0 Å². The van der Waals surface area contributed by atoms with E-state index in [1.165, 1.54) is 247 Å². The highest BCUT2D eigenvalue weighted by atomic mass is 15.0. The number of fused-ring (bicyclic) bond motifs is 15. The van der Waals surface area contributed by atoms with Gasteiger partial charge in [0.2, 0.25) is 0 Å². The number of rotatable bonds is 10. The molecule has 0 radical (unpaired) electrons. The minimum Gasteiger partial charge on any atom is -0.344 e. The molecular formula is C127H93N3. The average molecular weight is 1660 g/mol. The minimum atomic E-state index is 0.121. The molecule has 0 amide bonds. The molecule has 0 fully saturated rings.